The maximum Gasteiger partial charge on any atom is 0.0519 e. The van der Waals surface area contributed by atoms with Crippen molar-refractivity contribution in [2.24, 2.45) is 0 Å². The standard InChI is InChI=1S/C18H26N2S/c1-5-15-6-8-16(9-7-15)20(4)13-18-11-10-17(21-18)12-19-14(2)3/h6-11,14,19H,5,12-13H2,1-4H3. The van der Waals surface area contributed by atoms with Gasteiger partial charge in [-0.05, 0) is 36.2 Å². The second-order valence-corrected chi connectivity index (χ2v) is 7.03. The third-order valence-electron chi connectivity index (χ3n) is 3.58. The Bertz CT molecular complexity index is 543. The van der Waals surface area contributed by atoms with E-state index < -0.39 is 0 Å². The highest BCUT2D eigenvalue weighted by Gasteiger charge is 2.05. The van der Waals surface area contributed by atoms with E-state index in [0.717, 1.165) is 19.5 Å². The lowest BCUT2D eigenvalue weighted by Gasteiger charge is -2.18. The van der Waals surface area contributed by atoms with Crippen LogP contribution < -0.4 is 10.2 Å². The van der Waals surface area contributed by atoms with E-state index in [1.165, 1.54) is 21.0 Å². The van der Waals surface area contributed by atoms with Gasteiger partial charge in [0.2, 0.25) is 0 Å². The van der Waals surface area contributed by atoms with Crippen LogP contribution in [-0.4, -0.2) is 13.1 Å². The fourth-order valence-electron chi connectivity index (χ4n) is 2.22. The van der Waals surface area contributed by atoms with Gasteiger partial charge in [0.25, 0.3) is 0 Å². The Labute approximate surface area is 132 Å². The highest BCUT2D eigenvalue weighted by Crippen LogP contribution is 2.21. The van der Waals surface area contributed by atoms with Gasteiger partial charge in [-0.3, -0.25) is 0 Å². The number of aryl methyl sites for hydroxylation is 1. The Morgan fingerprint density at radius 2 is 1.71 bits per heavy atom. The van der Waals surface area contributed by atoms with Crippen LogP contribution in [0.25, 0.3) is 0 Å². The minimum atomic E-state index is 0.537. The summed E-state index contributed by atoms with van der Waals surface area (Å²) >= 11 is 1.90. The number of nitrogens with zero attached hydrogens (tertiary/aromatic N) is 1. The smallest absolute Gasteiger partial charge is 0.0519 e. The summed E-state index contributed by atoms with van der Waals surface area (Å²) in [7, 11) is 2.16. The summed E-state index contributed by atoms with van der Waals surface area (Å²) in [5.74, 6) is 0. The zero-order chi connectivity index (χ0) is 15.2. The van der Waals surface area contributed by atoms with E-state index in [-0.39, 0.29) is 0 Å². The molecule has 2 rings (SSSR count). The maximum atomic E-state index is 3.47. The first kappa shape index (κ1) is 16.1. The average molecular weight is 302 g/mol. The molecule has 3 heteroatoms. The van der Waals surface area contributed by atoms with Crippen molar-refractivity contribution in [1.82, 2.24) is 5.32 Å². The van der Waals surface area contributed by atoms with Crippen molar-refractivity contribution in [2.45, 2.75) is 46.3 Å². The molecule has 21 heavy (non-hydrogen) atoms. The zero-order valence-electron chi connectivity index (χ0n) is 13.5. The normalized spacial score (nSPS) is 11.1. The van der Waals surface area contributed by atoms with E-state index in [0.29, 0.717) is 6.04 Å². The monoisotopic (exact) mass is 302 g/mol. The predicted octanol–water partition coefficient (Wildman–Crippen LogP) is 4.44. The number of rotatable bonds is 7. The summed E-state index contributed by atoms with van der Waals surface area (Å²) in [5.41, 5.74) is 2.67. The highest BCUT2D eigenvalue weighted by molar-refractivity contribution is 7.12. The lowest BCUT2D eigenvalue weighted by molar-refractivity contribution is 0.593. The Morgan fingerprint density at radius 1 is 1.05 bits per heavy atom. The average Bonchev–Trinajstić information content (AvgIpc) is 2.92. The number of nitrogens with one attached hydrogen (secondary N) is 1. The Hall–Kier alpha value is -1.32. The predicted molar refractivity (Wildman–Crippen MR) is 94.2 cm³/mol. The number of anilines is 1. The topological polar surface area (TPSA) is 15.3 Å². The van der Waals surface area contributed by atoms with E-state index >= 15 is 0 Å². The third kappa shape index (κ3) is 4.87. The maximum absolute atomic E-state index is 3.47. The quantitative estimate of drug-likeness (QED) is 0.813. The summed E-state index contributed by atoms with van der Waals surface area (Å²) in [6.07, 6.45) is 1.10. The molecule has 1 aromatic carbocycles. The third-order valence-corrected chi connectivity index (χ3v) is 4.65. The summed E-state index contributed by atoms with van der Waals surface area (Å²) in [4.78, 5) is 5.14. The van der Waals surface area contributed by atoms with Crippen molar-refractivity contribution in [3.05, 3.63) is 51.7 Å². The fraction of sp³-hybridized carbons (Fsp3) is 0.444. The molecule has 0 aliphatic heterocycles. The molecule has 2 nitrogen and oxygen atoms in total. The molecule has 2 aromatic rings. The second kappa shape index (κ2) is 7.62. The summed E-state index contributed by atoms with van der Waals surface area (Å²) in [5, 5.41) is 3.47. The van der Waals surface area contributed by atoms with Gasteiger partial charge in [-0.15, -0.1) is 11.3 Å². The van der Waals surface area contributed by atoms with Gasteiger partial charge < -0.3 is 10.2 Å². The largest absolute Gasteiger partial charge is 0.369 e. The lowest BCUT2D eigenvalue weighted by Crippen LogP contribution is -2.21. The molecule has 0 radical (unpaired) electrons. The van der Waals surface area contributed by atoms with Crippen LogP contribution in [0, 0.1) is 0 Å². The minimum absolute atomic E-state index is 0.537. The van der Waals surface area contributed by atoms with Crippen LogP contribution in [-0.2, 0) is 19.5 Å². The lowest BCUT2D eigenvalue weighted by atomic mass is 10.1. The molecule has 0 amide bonds. The van der Waals surface area contributed by atoms with Crippen LogP contribution in [0.15, 0.2) is 36.4 Å². The van der Waals surface area contributed by atoms with Crippen molar-refractivity contribution in [3.8, 4) is 0 Å². The van der Waals surface area contributed by atoms with Crippen LogP contribution in [0.1, 0.15) is 36.1 Å². The second-order valence-electron chi connectivity index (χ2n) is 5.78. The van der Waals surface area contributed by atoms with Gasteiger partial charge in [-0.1, -0.05) is 32.9 Å². The van der Waals surface area contributed by atoms with E-state index in [9.17, 15) is 0 Å². The molecule has 0 saturated carbocycles. The van der Waals surface area contributed by atoms with Crippen LogP contribution in [0.5, 0.6) is 0 Å². The van der Waals surface area contributed by atoms with Crippen molar-refractivity contribution in [3.63, 3.8) is 0 Å². The molecule has 0 aliphatic rings. The SMILES string of the molecule is CCc1ccc(N(C)Cc2ccc(CNC(C)C)s2)cc1. The van der Waals surface area contributed by atoms with Crippen LogP contribution in [0.4, 0.5) is 5.69 Å². The van der Waals surface area contributed by atoms with E-state index in [1.54, 1.807) is 0 Å². The first-order chi connectivity index (χ1) is 10.1. The Balaban J connectivity index is 1.93. The first-order valence-electron chi connectivity index (χ1n) is 7.69. The fourth-order valence-corrected chi connectivity index (χ4v) is 3.24. The number of benzene rings is 1. The van der Waals surface area contributed by atoms with E-state index in [4.69, 9.17) is 0 Å². The van der Waals surface area contributed by atoms with E-state index in [2.05, 4.69) is 74.4 Å². The molecule has 0 aliphatic carbocycles. The summed E-state index contributed by atoms with van der Waals surface area (Å²) < 4.78 is 0. The molecule has 0 unspecified atom stereocenters. The van der Waals surface area contributed by atoms with Gasteiger partial charge in [0.15, 0.2) is 0 Å². The summed E-state index contributed by atoms with van der Waals surface area (Å²) in [6, 6.07) is 13.9. The van der Waals surface area contributed by atoms with Crippen LogP contribution >= 0.6 is 11.3 Å². The number of hydrogen-bond donors (Lipinski definition) is 1. The van der Waals surface area contributed by atoms with E-state index in [1.807, 2.05) is 11.3 Å². The molecule has 0 atom stereocenters. The molecule has 0 bridgehead atoms. The highest BCUT2D eigenvalue weighted by atomic mass is 32.1. The number of thiophene rings is 1. The van der Waals surface area contributed by atoms with Gasteiger partial charge >= 0.3 is 0 Å². The molecule has 0 saturated heterocycles. The van der Waals surface area contributed by atoms with Gasteiger partial charge in [-0.25, -0.2) is 0 Å². The van der Waals surface area contributed by atoms with Gasteiger partial charge in [-0.2, -0.15) is 0 Å². The van der Waals surface area contributed by atoms with Crippen molar-refractivity contribution < 1.29 is 0 Å². The summed E-state index contributed by atoms with van der Waals surface area (Å²) in [6.45, 7) is 8.50. The first-order valence-corrected chi connectivity index (χ1v) is 8.51. The van der Waals surface area contributed by atoms with Crippen molar-refractivity contribution in [1.29, 1.82) is 0 Å². The number of hydrogen-bond acceptors (Lipinski definition) is 3. The van der Waals surface area contributed by atoms with Crippen molar-refractivity contribution >= 4 is 17.0 Å². The minimum Gasteiger partial charge on any atom is -0.369 e. The Kier molecular flexibility index (Phi) is 5.83. The molecule has 114 valence electrons. The zero-order valence-corrected chi connectivity index (χ0v) is 14.3. The van der Waals surface area contributed by atoms with Crippen LogP contribution in [0.2, 0.25) is 0 Å². The van der Waals surface area contributed by atoms with Gasteiger partial charge in [0, 0.05) is 35.1 Å². The van der Waals surface area contributed by atoms with Gasteiger partial charge in [0.1, 0.15) is 0 Å². The molecular weight excluding hydrogens is 276 g/mol. The molecule has 1 aromatic heterocycles. The van der Waals surface area contributed by atoms with Crippen molar-refractivity contribution in [2.75, 3.05) is 11.9 Å². The molecular formula is C18H26N2S. The molecule has 0 spiro atoms. The van der Waals surface area contributed by atoms with Crippen LogP contribution in [0.3, 0.4) is 0 Å². The molecule has 1 heterocycles. The molecule has 1 N–H and O–H groups in total. The Morgan fingerprint density at radius 3 is 2.33 bits per heavy atom. The van der Waals surface area contributed by atoms with Gasteiger partial charge in [0.05, 0.1) is 6.54 Å². The molecule has 0 fully saturated rings.